The zero-order valence-electron chi connectivity index (χ0n) is 18.5. The van der Waals surface area contributed by atoms with E-state index in [4.69, 9.17) is 14.6 Å². The highest BCUT2D eigenvalue weighted by Gasteiger charge is 2.29. The predicted molar refractivity (Wildman–Crippen MR) is 119 cm³/mol. The lowest BCUT2D eigenvalue weighted by Gasteiger charge is -2.19. The molecule has 2 aromatic rings. The average Bonchev–Trinajstić information content (AvgIpc) is 3.13. The summed E-state index contributed by atoms with van der Waals surface area (Å²) in [5.74, 6) is -2.45. The molecule has 3 rings (SSSR count). The highest BCUT2D eigenvalue weighted by atomic mass is 19.3. The lowest BCUT2D eigenvalue weighted by Crippen LogP contribution is -2.44. The molecular weight excluding hydrogens is 450 g/mol. The first-order valence-corrected chi connectivity index (χ1v) is 10.7. The Morgan fingerprint density at radius 2 is 1.62 bits per heavy atom. The van der Waals surface area contributed by atoms with Gasteiger partial charge in [0.15, 0.2) is 0 Å². The normalized spacial score (nSPS) is 14.1. The number of fused-ring (bicyclic) bond motifs is 3. The van der Waals surface area contributed by atoms with E-state index in [9.17, 15) is 23.2 Å². The lowest BCUT2D eigenvalue weighted by atomic mass is 9.98. The van der Waals surface area contributed by atoms with Crippen LogP contribution in [0.1, 0.15) is 29.9 Å². The minimum Gasteiger partial charge on any atom is -0.480 e. The smallest absolute Gasteiger partial charge is 0.407 e. The Bertz CT molecular complexity index is 987. The topological polar surface area (TPSA) is 114 Å². The number of aliphatic carboxylic acids is 1. The number of carboxylic acids is 1. The number of nitrogens with one attached hydrogen (secondary N) is 2. The average molecular weight is 476 g/mol. The van der Waals surface area contributed by atoms with E-state index in [0.29, 0.717) is 0 Å². The summed E-state index contributed by atoms with van der Waals surface area (Å²) < 4.78 is 35.5. The number of ether oxygens (including phenoxy) is 2. The Morgan fingerprint density at radius 1 is 1.03 bits per heavy atom. The van der Waals surface area contributed by atoms with Gasteiger partial charge in [0, 0.05) is 26.0 Å². The summed E-state index contributed by atoms with van der Waals surface area (Å²) in [4.78, 5) is 35.3. The second-order valence-electron chi connectivity index (χ2n) is 7.85. The van der Waals surface area contributed by atoms with Crippen LogP contribution in [-0.4, -0.2) is 61.9 Å². The van der Waals surface area contributed by atoms with Crippen molar-refractivity contribution in [1.29, 1.82) is 0 Å². The second kappa shape index (κ2) is 11.6. The van der Waals surface area contributed by atoms with Crippen molar-refractivity contribution in [1.82, 2.24) is 10.6 Å². The Labute approximate surface area is 195 Å². The summed E-state index contributed by atoms with van der Waals surface area (Å²) in [6.07, 6.45) is -5.72. The van der Waals surface area contributed by atoms with Crippen LogP contribution in [0.5, 0.6) is 0 Å². The molecule has 2 amide bonds. The molecule has 0 spiro atoms. The van der Waals surface area contributed by atoms with Crippen LogP contribution in [0.2, 0.25) is 0 Å². The minimum absolute atomic E-state index is 0.0901. The molecule has 8 nitrogen and oxygen atoms in total. The number of alkyl carbamates (subject to hydrolysis) is 1. The standard InChI is InChI=1S/C24H26F2N2O6/c1-33-14(10-22(29)28-20(23(30)31)11-21(25)26)12-27-24(32)34-13-19-17-8-4-2-6-15(17)16-7-3-5-9-18(16)19/h2-9,14,19-21H,10-13H2,1H3,(H,27,32)(H,28,29)(H,30,31). The molecule has 1 aliphatic carbocycles. The van der Waals surface area contributed by atoms with Gasteiger partial charge in [0.2, 0.25) is 12.3 Å². The summed E-state index contributed by atoms with van der Waals surface area (Å²) in [5, 5.41) is 13.5. The molecule has 0 aromatic heterocycles. The van der Waals surface area contributed by atoms with Crippen LogP contribution in [-0.2, 0) is 19.1 Å². The van der Waals surface area contributed by atoms with Gasteiger partial charge in [0.1, 0.15) is 12.6 Å². The van der Waals surface area contributed by atoms with Gasteiger partial charge >= 0.3 is 12.1 Å². The number of carbonyl (C=O) groups excluding carboxylic acids is 2. The fourth-order valence-electron chi connectivity index (χ4n) is 3.95. The van der Waals surface area contributed by atoms with E-state index in [1.807, 2.05) is 53.8 Å². The third kappa shape index (κ3) is 6.28. The van der Waals surface area contributed by atoms with Crippen LogP contribution in [0.15, 0.2) is 48.5 Å². The van der Waals surface area contributed by atoms with Crippen LogP contribution in [0.3, 0.4) is 0 Å². The fourth-order valence-corrected chi connectivity index (χ4v) is 3.95. The zero-order valence-corrected chi connectivity index (χ0v) is 18.5. The van der Waals surface area contributed by atoms with Crippen LogP contribution in [0, 0.1) is 0 Å². The predicted octanol–water partition coefficient (Wildman–Crippen LogP) is 3.15. The van der Waals surface area contributed by atoms with Crippen molar-refractivity contribution in [3.05, 3.63) is 59.7 Å². The van der Waals surface area contributed by atoms with Gasteiger partial charge in [-0.2, -0.15) is 0 Å². The van der Waals surface area contributed by atoms with E-state index in [-0.39, 0.29) is 25.5 Å². The fraction of sp³-hybridized carbons (Fsp3) is 0.375. The number of halogens is 2. The Hall–Kier alpha value is -3.53. The molecule has 3 N–H and O–H groups in total. The Balaban J connectivity index is 1.50. The van der Waals surface area contributed by atoms with E-state index in [1.165, 1.54) is 7.11 Å². The van der Waals surface area contributed by atoms with Gasteiger partial charge in [-0.25, -0.2) is 18.4 Å². The third-order valence-corrected chi connectivity index (χ3v) is 5.61. The van der Waals surface area contributed by atoms with E-state index in [0.717, 1.165) is 22.3 Å². The molecule has 0 bridgehead atoms. The molecule has 0 saturated carbocycles. The van der Waals surface area contributed by atoms with Crippen molar-refractivity contribution in [2.45, 2.75) is 37.3 Å². The van der Waals surface area contributed by atoms with Gasteiger partial charge in [-0.1, -0.05) is 48.5 Å². The van der Waals surface area contributed by atoms with Crippen LogP contribution in [0.4, 0.5) is 13.6 Å². The van der Waals surface area contributed by atoms with Gasteiger partial charge in [-0.15, -0.1) is 0 Å². The van der Waals surface area contributed by atoms with E-state index < -0.39 is 43.0 Å². The van der Waals surface area contributed by atoms with Gasteiger partial charge in [-0.3, -0.25) is 4.79 Å². The monoisotopic (exact) mass is 476 g/mol. The van der Waals surface area contributed by atoms with Gasteiger partial charge in [0.05, 0.1) is 12.5 Å². The maximum atomic E-state index is 12.5. The first-order valence-electron chi connectivity index (χ1n) is 10.7. The number of alkyl halides is 2. The van der Waals surface area contributed by atoms with Gasteiger partial charge in [-0.05, 0) is 22.3 Å². The molecule has 1 aliphatic rings. The van der Waals surface area contributed by atoms with Crippen LogP contribution < -0.4 is 10.6 Å². The molecule has 2 atom stereocenters. The molecule has 0 radical (unpaired) electrons. The summed E-state index contributed by atoms with van der Waals surface area (Å²) >= 11 is 0. The molecular formula is C24H26F2N2O6. The van der Waals surface area contributed by atoms with Crippen molar-refractivity contribution in [2.75, 3.05) is 20.3 Å². The SMILES string of the molecule is COC(CNC(=O)OCC1c2ccccc2-c2ccccc21)CC(=O)NC(CC(F)F)C(=O)O. The summed E-state index contributed by atoms with van der Waals surface area (Å²) in [6.45, 7) is 0.0269. The van der Waals surface area contributed by atoms with E-state index in [2.05, 4.69) is 5.32 Å². The molecule has 10 heteroatoms. The largest absolute Gasteiger partial charge is 0.480 e. The van der Waals surface area contributed by atoms with Crippen molar-refractivity contribution < 1.29 is 37.7 Å². The van der Waals surface area contributed by atoms with Crippen molar-refractivity contribution in [2.24, 2.45) is 0 Å². The Kier molecular flexibility index (Phi) is 8.53. The van der Waals surface area contributed by atoms with Crippen LogP contribution in [0.25, 0.3) is 11.1 Å². The number of hydrogen-bond acceptors (Lipinski definition) is 5. The van der Waals surface area contributed by atoms with Crippen LogP contribution >= 0.6 is 0 Å². The lowest BCUT2D eigenvalue weighted by molar-refractivity contribution is -0.143. The number of amides is 2. The quantitative estimate of drug-likeness (QED) is 0.459. The number of rotatable bonds is 11. The summed E-state index contributed by atoms with van der Waals surface area (Å²) in [5.41, 5.74) is 4.34. The van der Waals surface area contributed by atoms with E-state index in [1.54, 1.807) is 0 Å². The second-order valence-corrected chi connectivity index (χ2v) is 7.85. The summed E-state index contributed by atoms with van der Waals surface area (Å²) in [6, 6.07) is 14.1. The number of benzene rings is 2. The molecule has 0 heterocycles. The molecule has 0 aliphatic heterocycles. The number of carbonyl (C=O) groups is 3. The zero-order chi connectivity index (χ0) is 24.7. The molecule has 2 unspecified atom stereocenters. The number of carboxylic acid groups (broad SMARTS) is 1. The van der Waals surface area contributed by atoms with Crippen molar-refractivity contribution in [3.63, 3.8) is 0 Å². The first kappa shape index (κ1) is 25.1. The van der Waals surface area contributed by atoms with E-state index >= 15 is 0 Å². The molecule has 182 valence electrons. The first-order chi connectivity index (χ1) is 16.3. The highest BCUT2D eigenvalue weighted by molar-refractivity contribution is 5.84. The highest BCUT2D eigenvalue weighted by Crippen LogP contribution is 2.44. The van der Waals surface area contributed by atoms with Crippen molar-refractivity contribution >= 4 is 18.0 Å². The maximum Gasteiger partial charge on any atom is 0.407 e. The molecule has 2 aromatic carbocycles. The minimum atomic E-state index is -2.88. The van der Waals surface area contributed by atoms with Crippen molar-refractivity contribution in [3.8, 4) is 11.1 Å². The van der Waals surface area contributed by atoms with Gasteiger partial charge < -0.3 is 25.2 Å². The van der Waals surface area contributed by atoms with Gasteiger partial charge in [0.25, 0.3) is 0 Å². The number of hydrogen-bond donors (Lipinski definition) is 3. The third-order valence-electron chi connectivity index (χ3n) is 5.61. The Morgan fingerprint density at radius 3 is 2.15 bits per heavy atom. The molecule has 0 fully saturated rings. The number of methoxy groups -OCH3 is 1. The maximum absolute atomic E-state index is 12.5. The summed E-state index contributed by atoms with van der Waals surface area (Å²) in [7, 11) is 1.31. The molecule has 34 heavy (non-hydrogen) atoms. The molecule has 0 saturated heterocycles.